The molecule has 0 radical (unpaired) electrons. The number of nitrogens with zero attached hydrogens (tertiary/aromatic N) is 1. The third-order valence-corrected chi connectivity index (χ3v) is 5.73. The van der Waals surface area contributed by atoms with E-state index in [1.54, 1.807) is 17.0 Å². The Kier molecular flexibility index (Phi) is 5.56. The van der Waals surface area contributed by atoms with Crippen molar-refractivity contribution in [1.29, 1.82) is 0 Å². The molecule has 0 saturated heterocycles. The van der Waals surface area contributed by atoms with Crippen molar-refractivity contribution in [2.45, 2.75) is 57.4 Å². The second-order valence-corrected chi connectivity index (χ2v) is 9.54. The minimum Gasteiger partial charge on any atom is -0.351 e. The molecule has 1 aliphatic rings. The number of hydrogen-bond acceptors (Lipinski definition) is 4. The van der Waals surface area contributed by atoms with Crippen LogP contribution in [0.3, 0.4) is 0 Å². The number of benzene rings is 1. The van der Waals surface area contributed by atoms with Gasteiger partial charge in [0.1, 0.15) is 0 Å². The van der Waals surface area contributed by atoms with E-state index in [0.29, 0.717) is 6.54 Å². The van der Waals surface area contributed by atoms with Crippen molar-refractivity contribution in [3.63, 3.8) is 0 Å². The quantitative estimate of drug-likeness (QED) is 0.884. The first-order valence-corrected chi connectivity index (χ1v) is 10.1. The van der Waals surface area contributed by atoms with Gasteiger partial charge in [0, 0.05) is 31.1 Å². The molecule has 6 nitrogen and oxygen atoms in total. The topological polar surface area (TPSA) is 83.6 Å². The van der Waals surface area contributed by atoms with E-state index < -0.39 is 9.84 Å². The zero-order chi connectivity index (χ0) is 18.8. The summed E-state index contributed by atoms with van der Waals surface area (Å²) in [5.74, 6) is -0.559. The molecule has 0 atom stereocenters. The highest BCUT2D eigenvalue weighted by molar-refractivity contribution is 7.91. The Morgan fingerprint density at radius 3 is 2.52 bits per heavy atom. The van der Waals surface area contributed by atoms with Crippen LogP contribution in [0.5, 0.6) is 0 Å². The van der Waals surface area contributed by atoms with E-state index in [0.717, 1.165) is 24.1 Å². The van der Waals surface area contributed by atoms with E-state index in [1.807, 2.05) is 20.8 Å². The fourth-order valence-electron chi connectivity index (χ4n) is 2.92. The number of nitrogens with one attached hydrogen (secondary N) is 1. The highest BCUT2D eigenvalue weighted by Gasteiger charge is 2.24. The molecule has 0 spiro atoms. The number of carbonyl (C=O) groups is 2. The van der Waals surface area contributed by atoms with Crippen LogP contribution < -0.4 is 10.2 Å². The van der Waals surface area contributed by atoms with Gasteiger partial charge in [-0.05, 0) is 57.4 Å². The molecular formula is C18H26N2O4S. The second-order valence-electron chi connectivity index (χ2n) is 7.43. The first-order valence-electron chi connectivity index (χ1n) is 8.44. The normalized spacial score (nSPS) is 14.8. The lowest BCUT2D eigenvalue weighted by Crippen LogP contribution is -2.41. The monoisotopic (exact) mass is 366 g/mol. The maximum Gasteiger partial charge on any atom is 0.223 e. The molecule has 0 fully saturated rings. The van der Waals surface area contributed by atoms with Gasteiger partial charge in [-0.1, -0.05) is 0 Å². The maximum absolute atomic E-state index is 12.5. The summed E-state index contributed by atoms with van der Waals surface area (Å²) < 4.78 is 25.1. The smallest absolute Gasteiger partial charge is 0.223 e. The van der Waals surface area contributed by atoms with E-state index in [9.17, 15) is 18.0 Å². The zero-order valence-corrected chi connectivity index (χ0v) is 16.1. The molecule has 1 aliphatic heterocycles. The Labute approximate surface area is 149 Å². The van der Waals surface area contributed by atoms with Gasteiger partial charge in [0.25, 0.3) is 0 Å². The molecule has 0 saturated carbocycles. The van der Waals surface area contributed by atoms with Gasteiger partial charge in [-0.25, -0.2) is 8.42 Å². The molecule has 2 amide bonds. The van der Waals surface area contributed by atoms with Gasteiger partial charge >= 0.3 is 0 Å². The summed E-state index contributed by atoms with van der Waals surface area (Å²) in [5, 5.41) is 2.76. The highest BCUT2D eigenvalue weighted by Crippen LogP contribution is 2.30. The molecule has 1 heterocycles. The average molecular weight is 366 g/mol. The lowest BCUT2D eigenvalue weighted by Gasteiger charge is -2.28. The number of rotatable bonds is 4. The van der Waals surface area contributed by atoms with Gasteiger partial charge in [0.05, 0.1) is 10.6 Å². The van der Waals surface area contributed by atoms with Crippen LogP contribution in [-0.4, -0.2) is 38.1 Å². The van der Waals surface area contributed by atoms with Crippen molar-refractivity contribution in [3.05, 3.63) is 23.8 Å². The third-order valence-electron chi connectivity index (χ3n) is 4.02. The Balaban J connectivity index is 2.15. The Morgan fingerprint density at radius 1 is 1.24 bits per heavy atom. The van der Waals surface area contributed by atoms with Gasteiger partial charge in [-0.2, -0.15) is 0 Å². The summed E-state index contributed by atoms with van der Waals surface area (Å²) in [5.41, 5.74) is 1.26. The van der Waals surface area contributed by atoms with Gasteiger partial charge in [-0.3, -0.25) is 9.59 Å². The Morgan fingerprint density at radius 2 is 1.92 bits per heavy atom. The molecule has 2 rings (SSSR count). The summed E-state index contributed by atoms with van der Waals surface area (Å²) in [4.78, 5) is 25.4. The molecule has 1 aromatic carbocycles. The maximum atomic E-state index is 12.5. The van der Waals surface area contributed by atoms with Crippen molar-refractivity contribution < 1.29 is 18.0 Å². The van der Waals surface area contributed by atoms with Crippen LogP contribution in [-0.2, 0) is 25.8 Å². The zero-order valence-electron chi connectivity index (χ0n) is 15.3. The number of sulfone groups is 1. The van der Waals surface area contributed by atoms with Crippen LogP contribution in [0, 0.1) is 0 Å². The number of hydrogen-bond donors (Lipinski definition) is 1. The number of anilines is 1. The Hall–Kier alpha value is -1.89. The van der Waals surface area contributed by atoms with Crippen molar-refractivity contribution in [2.75, 3.05) is 17.2 Å². The van der Waals surface area contributed by atoms with Crippen LogP contribution in [0.15, 0.2) is 23.1 Å². The van der Waals surface area contributed by atoms with Crippen molar-refractivity contribution in [3.8, 4) is 0 Å². The van der Waals surface area contributed by atoms with E-state index in [2.05, 4.69) is 5.32 Å². The van der Waals surface area contributed by atoms with Crippen molar-refractivity contribution in [1.82, 2.24) is 5.32 Å². The lowest BCUT2D eigenvalue weighted by molar-refractivity contribution is -0.122. The van der Waals surface area contributed by atoms with Crippen molar-refractivity contribution in [2.24, 2.45) is 0 Å². The minimum atomic E-state index is -3.55. The van der Waals surface area contributed by atoms with E-state index in [4.69, 9.17) is 0 Å². The predicted molar refractivity (Wildman–Crippen MR) is 97.4 cm³/mol. The average Bonchev–Trinajstić information content (AvgIpc) is 2.50. The molecule has 0 bridgehead atoms. The molecule has 7 heteroatoms. The van der Waals surface area contributed by atoms with Gasteiger partial charge in [0.2, 0.25) is 11.8 Å². The standard InChI is InChI=1S/C18H26N2O4S/c1-13(21)20-10-5-6-14-12-15(7-8-16(14)20)25(23,24)11-9-17(22)19-18(2,3)4/h7-8,12H,5-6,9-11H2,1-4H3,(H,19,22). The van der Waals surface area contributed by atoms with Gasteiger partial charge in [-0.15, -0.1) is 0 Å². The molecule has 138 valence electrons. The van der Waals surface area contributed by atoms with E-state index in [-0.39, 0.29) is 34.4 Å². The lowest BCUT2D eigenvalue weighted by atomic mass is 10.0. The summed E-state index contributed by atoms with van der Waals surface area (Å²) in [7, 11) is -3.55. The second kappa shape index (κ2) is 7.15. The van der Waals surface area contributed by atoms with Crippen LogP contribution >= 0.6 is 0 Å². The Bertz CT molecular complexity index is 779. The molecule has 1 N–H and O–H groups in total. The molecular weight excluding hydrogens is 340 g/mol. The SMILES string of the molecule is CC(=O)N1CCCc2cc(S(=O)(=O)CCC(=O)NC(C)(C)C)ccc21. The first-order chi connectivity index (χ1) is 11.5. The van der Waals surface area contributed by atoms with E-state index in [1.165, 1.54) is 13.0 Å². The summed E-state index contributed by atoms with van der Waals surface area (Å²) in [6, 6.07) is 4.86. The van der Waals surface area contributed by atoms with Crippen molar-refractivity contribution >= 4 is 27.3 Å². The number of aryl methyl sites for hydroxylation is 1. The fraction of sp³-hybridized carbons (Fsp3) is 0.556. The third kappa shape index (κ3) is 5.04. The largest absolute Gasteiger partial charge is 0.351 e. The molecule has 1 aromatic rings. The summed E-state index contributed by atoms with van der Waals surface area (Å²) >= 11 is 0. The number of amides is 2. The molecule has 25 heavy (non-hydrogen) atoms. The van der Waals surface area contributed by atoms with Crippen LogP contribution in [0.4, 0.5) is 5.69 Å². The fourth-order valence-corrected chi connectivity index (χ4v) is 4.21. The minimum absolute atomic E-state index is 0.0459. The first kappa shape index (κ1) is 19.4. The highest BCUT2D eigenvalue weighted by atomic mass is 32.2. The van der Waals surface area contributed by atoms with Crippen LogP contribution in [0.1, 0.15) is 46.1 Å². The van der Waals surface area contributed by atoms with Crippen LogP contribution in [0.25, 0.3) is 0 Å². The number of fused-ring (bicyclic) bond motifs is 1. The van der Waals surface area contributed by atoms with Gasteiger partial charge < -0.3 is 10.2 Å². The van der Waals surface area contributed by atoms with Crippen LogP contribution in [0.2, 0.25) is 0 Å². The predicted octanol–water partition coefficient (Wildman–Crippen LogP) is 2.06. The van der Waals surface area contributed by atoms with E-state index >= 15 is 0 Å². The summed E-state index contributed by atoms with van der Waals surface area (Å²) in [6.45, 7) is 7.71. The molecule has 0 unspecified atom stereocenters. The summed E-state index contributed by atoms with van der Waals surface area (Å²) in [6.07, 6.45) is 1.48. The molecule has 0 aromatic heterocycles. The van der Waals surface area contributed by atoms with Gasteiger partial charge in [0.15, 0.2) is 9.84 Å². The molecule has 0 aliphatic carbocycles. The number of carbonyl (C=O) groups excluding carboxylic acids is 2.